The zero-order valence-electron chi connectivity index (χ0n) is 2.57. The molecule has 0 aromatic rings. The molecule has 0 aromatic carbocycles. The average molecular weight is 182 g/mol. The van der Waals surface area contributed by atoms with Crippen molar-refractivity contribution in [2.75, 3.05) is 0 Å². The zero-order valence-corrected chi connectivity index (χ0v) is 4.73. The van der Waals surface area contributed by atoms with E-state index in [0.29, 0.717) is 9.87 Å². The predicted molar refractivity (Wildman–Crippen MR) is 29.2 cm³/mol. The van der Waals surface area contributed by atoms with E-state index in [9.17, 15) is 4.79 Å². The van der Waals surface area contributed by atoms with E-state index in [-0.39, 0.29) is 0 Å². The molecule has 0 radical (unpaired) electrons. The highest BCUT2D eigenvalue weighted by Gasteiger charge is 1.69. The maximum absolute atomic E-state index is 9.40. The maximum atomic E-state index is 9.40. The lowest BCUT2D eigenvalue weighted by molar-refractivity contribution is -0.104. The molecule has 0 fully saturated rings. The first-order chi connectivity index (χ1) is 2.27. The third-order valence-electron chi connectivity index (χ3n) is 0.128. The van der Waals surface area contributed by atoms with Crippen LogP contribution in [0.5, 0.6) is 0 Å². The highest BCUT2D eigenvalue weighted by atomic mass is 127. The van der Waals surface area contributed by atoms with Crippen molar-refractivity contribution in [3.8, 4) is 0 Å². The second-order valence-electron chi connectivity index (χ2n) is 0.565. The van der Waals surface area contributed by atoms with Gasteiger partial charge in [0, 0.05) is 3.58 Å². The molecule has 0 saturated heterocycles. The summed E-state index contributed by atoms with van der Waals surface area (Å²) in [6, 6.07) is 0. The van der Waals surface area contributed by atoms with Gasteiger partial charge in [0.05, 0.1) is 0 Å². The molecule has 2 heteroatoms. The van der Waals surface area contributed by atoms with Gasteiger partial charge in [0.2, 0.25) is 0 Å². The predicted octanol–water partition coefficient (Wildman–Crippen LogP) is 1.13. The number of hydrogen-bond acceptors (Lipinski definition) is 1. The first-order valence-corrected chi connectivity index (χ1v) is 2.15. The van der Waals surface area contributed by atoms with E-state index in [4.69, 9.17) is 0 Å². The fourth-order valence-electron chi connectivity index (χ4n) is 0. The van der Waals surface area contributed by atoms with Crippen LogP contribution in [0.3, 0.4) is 0 Å². The molecule has 0 heterocycles. The Kier molecular flexibility index (Phi) is 2.45. The zero-order chi connectivity index (χ0) is 4.28. The molecule has 0 spiro atoms. The van der Waals surface area contributed by atoms with Crippen LogP contribution in [0.25, 0.3) is 0 Å². The van der Waals surface area contributed by atoms with E-state index in [1.54, 1.807) is 0 Å². The Balaban J connectivity index is 3.20. The summed E-state index contributed by atoms with van der Waals surface area (Å²) in [7, 11) is 0. The molecule has 0 aliphatic heterocycles. The van der Waals surface area contributed by atoms with Crippen LogP contribution in [0, 0.1) is 0 Å². The number of carbonyl (C=O) groups excluding carboxylic acids is 1. The Labute approximate surface area is 44.2 Å². The molecule has 0 aliphatic rings. The Morgan fingerprint density at radius 1 is 2.00 bits per heavy atom. The second-order valence-corrected chi connectivity index (χ2v) is 1.95. The molecular weight excluding hydrogens is 179 g/mol. The maximum Gasteiger partial charge on any atom is 0.155 e. The van der Waals surface area contributed by atoms with Gasteiger partial charge in [-0.25, -0.2) is 0 Å². The molecule has 28 valence electrons. The van der Waals surface area contributed by atoms with Crippen molar-refractivity contribution < 1.29 is 4.79 Å². The van der Waals surface area contributed by atoms with Gasteiger partial charge in [-0.3, -0.25) is 4.79 Å². The number of carbonyl (C=O) groups is 1. The molecule has 0 unspecified atom stereocenters. The average Bonchev–Trinajstić information content (AvgIpc) is 1.38. The van der Waals surface area contributed by atoms with Gasteiger partial charge in [-0.15, -0.1) is 0 Å². The van der Waals surface area contributed by atoms with Crippen molar-refractivity contribution in [3.63, 3.8) is 0 Å². The molecule has 0 N–H and O–H groups in total. The third-order valence-corrected chi connectivity index (χ3v) is 0.382. The smallest absolute Gasteiger partial charge is 0.155 e. The minimum Gasteiger partial charge on any atom is -0.297 e. The summed E-state index contributed by atoms with van der Waals surface area (Å²) in [4.78, 5) is 9.40. The van der Waals surface area contributed by atoms with Gasteiger partial charge in [0.25, 0.3) is 0 Å². The standard InChI is InChI=1S/C3H3IO/c1-3(4)2-5/h2H,1H2. The van der Waals surface area contributed by atoms with E-state index in [1.807, 2.05) is 22.6 Å². The first-order valence-electron chi connectivity index (χ1n) is 1.07. The van der Waals surface area contributed by atoms with Gasteiger partial charge in [0.15, 0.2) is 6.29 Å². The second kappa shape index (κ2) is 2.38. The van der Waals surface area contributed by atoms with Crippen molar-refractivity contribution >= 4 is 28.9 Å². The van der Waals surface area contributed by atoms with Gasteiger partial charge >= 0.3 is 0 Å². The Morgan fingerprint density at radius 3 is 2.20 bits per heavy atom. The fraction of sp³-hybridized carbons (Fsp3) is 0. The van der Waals surface area contributed by atoms with Crippen molar-refractivity contribution in [1.82, 2.24) is 0 Å². The van der Waals surface area contributed by atoms with Crippen LogP contribution in [0.4, 0.5) is 0 Å². The van der Waals surface area contributed by atoms with E-state index in [1.165, 1.54) is 0 Å². The quantitative estimate of drug-likeness (QED) is 0.337. The lowest BCUT2D eigenvalue weighted by Crippen LogP contribution is -1.58. The lowest BCUT2D eigenvalue weighted by Gasteiger charge is -1.62. The number of hydrogen-bond donors (Lipinski definition) is 0. The SMILES string of the molecule is C=C(I)C=O. The normalized spacial score (nSPS) is 6.60. The van der Waals surface area contributed by atoms with Gasteiger partial charge in [-0.1, -0.05) is 6.58 Å². The largest absolute Gasteiger partial charge is 0.297 e. The fourth-order valence-corrected chi connectivity index (χ4v) is 0. The molecule has 0 bridgehead atoms. The molecule has 0 aliphatic carbocycles. The van der Waals surface area contributed by atoms with E-state index >= 15 is 0 Å². The van der Waals surface area contributed by atoms with Crippen LogP contribution in [0.15, 0.2) is 10.2 Å². The highest BCUT2D eigenvalue weighted by molar-refractivity contribution is 14.1. The van der Waals surface area contributed by atoms with Crippen LogP contribution in [0.1, 0.15) is 0 Å². The molecular formula is C3H3IO. The number of allylic oxidation sites excluding steroid dienone is 1. The summed E-state index contributed by atoms with van der Waals surface area (Å²) >= 11 is 1.84. The first kappa shape index (κ1) is 5.14. The third kappa shape index (κ3) is 4.14. The number of rotatable bonds is 1. The minimum absolute atomic E-state index is 0.544. The van der Waals surface area contributed by atoms with Crippen LogP contribution in [-0.2, 0) is 4.79 Å². The number of aldehydes is 1. The Bertz CT molecular complexity index is 57.9. The highest BCUT2D eigenvalue weighted by Crippen LogP contribution is 1.92. The van der Waals surface area contributed by atoms with Crippen molar-refractivity contribution in [2.45, 2.75) is 0 Å². The van der Waals surface area contributed by atoms with E-state index in [0.717, 1.165) is 0 Å². The summed E-state index contributed by atoms with van der Waals surface area (Å²) in [6.45, 7) is 3.29. The van der Waals surface area contributed by atoms with Crippen molar-refractivity contribution in [2.24, 2.45) is 0 Å². The monoisotopic (exact) mass is 182 g/mol. The summed E-state index contributed by atoms with van der Waals surface area (Å²) in [6.07, 6.45) is 0.709. The van der Waals surface area contributed by atoms with Gasteiger partial charge in [0.1, 0.15) is 0 Å². The molecule has 1 nitrogen and oxygen atoms in total. The van der Waals surface area contributed by atoms with Crippen LogP contribution < -0.4 is 0 Å². The van der Waals surface area contributed by atoms with Crippen molar-refractivity contribution in [1.29, 1.82) is 0 Å². The van der Waals surface area contributed by atoms with Crippen LogP contribution in [-0.4, -0.2) is 6.29 Å². The Hall–Kier alpha value is 0.140. The van der Waals surface area contributed by atoms with Crippen molar-refractivity contribution in [3.05, 3.63) is 10.2 Å². The van der Waals surface area contributed by atoms with E-state index < -0.39 is 0 Å². The van der Waals surface area contributed by atoms with Gasteiger partial charge in [-0.05, 0) is 22.6 Å². The minimum atomic E-state index is 0.544. The molecule has 0 saturated carbocycles. The number of halogens is 1. The van der Waals surface area contributed by atoms with Gasteiger partial charge in [-0.2, -0.15) is 0 Å². The van der Waals surface area contributed by atoms with Crippen LogP contribution in [0.2, 0.25) is 0 Å². The molecule has 0 atom stereocenters. The van der Waals surface area contributed by atoms with Crippen LogP contribution >= 0.6 is 22.6 Å². The molecule has 0 aromatic heterocycles. The lowest BCUT2D eigenvalue weighted by atomic mass is 10.7. The molecule has 0 rings (SSSR count). The molecule has 5 heavy (non-hydrogen) atoms. The molecule has 0 amide bonds. The Morgan fingerprint density at radius 2 is 2.20 bits per heavy atom. The summed E-state index contributed by atoms with van der Waals surface area (Å²) < 4.78 is 0.544. The summed E-state index contributed by atoms with van der Waals surface area (Å²) in [5.74, 6) is 0. The topological polar surface area (TPSA) is 17.1 Å². The van der Waals surface area contributed by atoms with Gasteiger partial charge < -0.3 is 0 Å². The van der Waals surface area contributed by atoms with E-state index in [2.05, 4.69) is 6.58 Å². The summed E-state index contributed by atoms with van der Waals surface area (Å²) in [5.41, 5.74) is 0. The summed E-state index contributed by atoms with van der Waals surface area (Å²) in [5, 5.41) is 0.